The van der Waals surface area contributed by atoms with Crippen LogP contribution in [-0.2, 0) is 0 Å². The Morgan fingerprint density at radius 3 is 2.40 bits per heavy atom. The lowest BCUT2D eigenvalue weighted by Crippen LogP contribution is -1.43. The van der Waals surface area contributed by atoms with Crippen LogP contribution in [0.25, 0.3) is 0 Å². The molecular weight excluding hydrogens is 60.1 g/mol. The van der Waals surface area contributed by atoms with Crippen molar-refractivity contribution < 1.29 is 0 Å². The van der Waals surface area contributed by atoms with Gasteiger partial charge in [-0.25, -0.2) is 0 Å². The molecule has 0 unspecified atom stereocenters. The molecular formula is C5H6. The monoisotopic (exact) mass is 66.0 g/mol. The fourth-order valence-corrected chi connectivity index (χ4v) is 0.0833. The second-order valence-electron chi connectivity index (χ2n) is 0.729. The Hall–Kier alpha value is -0.520. The molecule has 0 atom stereocenters. The van der Waals surface area contributed by atoms with Gasteiger partial charge in [0.2, 0.25) is 0 Å². The molecule has 2 radical (unpaired) electrons. The Kier molecular flexibility index (Phi) is 3.12. The van der Waals surface area contributed by atoms with Crippen LogP contribution in [0.3, 0.4) is 0 Å². The zero-order valence-electron chi connectivity index (χ0n) is 3.07. The largest absolute Gasteiger partial charge is 0.103 e. The van der Waals surface area contributed by atoms with Crippen LogP contribution in [0.15, 0.2) is 18.7 Å². The van der Waals surface area contributed by atoms with Gasteiger partial charge in [-0.05, 0) is 13.0 Å². The van der Waals surface area contributed by atoms with Gasteiger partial charge < -0.3 is 0 Å². The zero-order valence-corrected chi connectivity index (χ0v) is 3.07. The van der Waals surface area contributed by atoms with Crippen LogP contribution in [0, 0.1) is 6.58 Å². The third kappa shape index (κ3) is 3.48. The van der Waals surface area contributed by atoms with Gasteiger partial charge >= 0.3 is 0 Å². The molecule has 0 fully saturated rings. The molecule has 5 heavy (non-hydrogen) atoms. The van der Waals surface area contributed by atoms with E-state index in [-0.39, 0.29) is 0 Å². The highest BCUT2D eigenvalue weighted by Crippen LogP contribution is 1.73. The van der Waals surface area contributed by atoms with Crippen molar-refractivity contribution in [2.45, 2.75) is 6.42 Å². The molecule has 0 N–H and O–H groups in total. The number of allylic oxidation sites excluding steroid dienone is 2. The van der Waals surface area contributed by atoms with Gasteiger partial charge in [0.25, 0.3) is 0 Å². The maximum Gasteiger partial charge on any atom is -0.0142 e. The van der Waals surface area contributed by atoms with E-state index in [0.717, 1.165) is 0 Å². The quantitative estimate of drug-likeness (QED) is 0.428. The van der Waals surface area contributed by atoms with Crippen molar-refractivity contribution in [1.82, 2.24) is 0 Å². The van der Waals surface area contributed by atoms with Gasteiger partial charge in [-0.15, -0.1) is 6.58 Å². The zero-order chi connectivity index (χ0) is 4.12. The van der Waals surface area contributed by atoms with E-state index in [1.807, 2.05) is 0 Å². The number of hydrogen-bond donors (Lipinski definition) is 0. The average molecular weight is 66.1 g/mol. The molecule has 0 bridgehead atoms. The first-order valence-corrected chi connectivity index (χ1v) is 1.51. The van der Waals surface area contributed by atoms with E-state index < -0.39 is 0 Å². The summed E-state index contributed by atoms with van der Waals surface area (Å²) < 4.78 is 0. The van der Waals surface area contributed by atoms with Crippen molar-refractivity contribution in [3.63, 3.8) is 0 Å². The predicted octanol–water partition coefficient (Wildman–Crippen LogP) is 1.43. The summed E-state index contributed by atoms with van der Waals surface area (Å²) in [6.45, 7) is 9.81. The Morgan fingerprint density at radius 1 is 1.80 bits per heavy atom. The Bertz CT molecular complexity index is 29.3. The summed E-state index contributed by atoms with van der Waals surface area (Å²) in [6, 6.07) is 0. The van der Waals surface area contributed by atoms with Gasteiger partial charge in [-0.2, -0.15) is 0 Å². The van der Waals surface area contributed by atoms with E-state index in [1.54, 1.807) is 6.08 Å². The van der Waals surface area contributed by atoms with Crippen LogP contribution in [0.2, 0.25) is 0 Å². The Labute approximate surface area is 32.8 Å². The van der Waals surface area contributed by atoms with Crippen LogP contribution in [-0.4, -0.2) is 0 Å². The van der Waals surface area contributed by atoms with Crippen molar-refractivity contribution in [3.05, 3.63) is 25.3 Å². The SMILES string of the molecule is [C]=CCC=C. The highest BCUT2D eigenvalue weighted by Gasteiger charge is 1.53. The Balaban J connectivity index is 2.65. The second kappa shape index (κ2) is 3.48. The molecule has 0 amide bonds. The van der Waals surface area contributed by atoms with Gasteiger partial charge in [0.1, 0.15) is 0 Å². The van der Waals surface area contributed by atoms with Crippen molar-refractivity contribution >= 4 is 0 Å². The minimum atomic E-state index is 0.694. The minimum Gasteiger partial charge on any atom is -0.103 e. The maximum atomic E-state index is 6.41. The summed E-state index contributed by atoms with van der Waals surface area (Å²) in [5, 5.41) is 0. The molecule has 0 spiro atoms. The van der Waals surface area contributed by atoms with E-state index in [1.165, 1.54) is 6.08 Å². The van der Waals surface area contributed by atoms with Crippen LogP contribution in [0.5, 0.6) is 0 Å². The summed E-state index contributed by atoms with van der Waals surface area (Å²) in [5.41, 5.74) is 0. The van der Waals surface area contributed by atoms with Gasteiger partial charge in [-0.3, -0.25) is 0 Å². The lowest BCUT2D eigenvalue weighted by molar-refractivity contribution is 1.42. The van der Waals surface area contributed by atoms with Crippen molar-refractivity contribution in [2.24, 2.45) is 0 Å². The molecule has 0 heterocycles. The van der Waals surface area contributed by atoms with Crippen LogP contribution >= 0.6 is 0 Å². The molecule has 0 aromatic heterocycles. The normalized spacial score (nSPS) is 6.40. The molecule has 0 saturated carbocycles. The van der Waals surface area contributed by atoms with Crippen molar-refractivity contribution in [2.75, 3.05) is 0 Å². The maximum absolute atomic E-state index is 6.41. The molecule has 0 aliphatic carbocycles. The molecule has 0 rings (SSSR count). The van der Waals surface area contributed by atoms with Gasteiger partial charge in [-0.1, -0.05) is 12.2 Å². The summed E-state index contributed by atoms with van der Waals surface area (Å²) in [5.74, 6) is 0. The fraction of sp³-hybridized carbons (Fsp3) is 0.200. The van der Waals surface area contributed by atoms with E-state index in [4.69, 9.17) is 6.58 Å². The third-order valence-electron chi connectivity index (χ3n) is 0.285. The first kappa shape index (κ1) is 4.48. The highest BCUT2D eigenvalue weighted by atomic mass is 13.6. The number of rotatable bonds is 2. The lowest BCUT2D eigenvalue weighted by atomic mass is 10.4. The van der Waals surface area contributed by atoms with Crippen LogP contribution in [0.1, 0.15) is 6.42 Å². The summed E-state index contributed by atoms with van der Waals surface area (Å²) in [4.78, 5) is 0. The van der Waals surface area contributed by atoms with E-state index in [2.05, 4.69) is 6.58 Å². The average Bonchev–Trinajstić information content (AvgIpc) is 1.41. The van der Waals surface area contributed by atoms with Crippen molar-refractivity contribution in [3.8, 4) is 0 Å². The smallest absolute Gasteiger partial charge is 0.0142 e. The second-order valence-corrected chi connectivity index (χ2v) is 0.729. The summed E-state index contributed by atoms with van der Waals surface area (Å²) in [7, 11) is 0. The molecule has 0 aromatic rings. The minimum absolute atomic E-state index is 0.694. The molecule has 26 valence electrons. The first-order valence-electron chi connectivity index (χ1n) is 1.51. The van der Waals surface area contributed by atoms with Gasteiger partial charge in [0.15, 0.2) is 0 Å². The molecule has 0 heteroatoms. The van der Waals surface area contributed by atoms with Crippen LogP contribution < -0.4 is 0 Å². The van der Waals surface area contributed by atoms with E-state index in [0.29, 0.717) is 6.42 Å². The molecule has 0 aromatic carbocycles. The number of hydrogen-bond acceptors (Lipinski definition) is 0. The lowest BCUT2D eigenvalue weighted by Gasteiger charge is -1.63. The van der Waals surface area contributed by atoms with Crippen molar-refractivity contribution in [1.29, 1.82) is 0 Å². The molecule has 0 nitrogen and oxygen atoms in total. The third-order valence-corrected chi connectivity index (χ3v) is 0.285. The molecule has 0 aliphatic heterocycles. The Morgan fingerprint density at radius 2 is 2.40 bits per heavy atom. The molecule has 0 saturated heterocycles. The van der Waals surface area contributed by atoms with Gasteiger partial charge in [0.05, 0.1) is 0 Å². The first-order chi connectivity index (χ1) is 2.41. The van der Waals surface area contributed by atoms with Gasteiger partial charge in [0, 0.05) is 0 Å². The molecule has 0 aliphatic rings. The fourth-order valence-electron chi connectivity index (χ4n) is 0.0833. The predicted molar refractivity (Wildman–Crippen MR) is 22.6 cm³/mol. The highest BCUT2D eigenvalue weighted by molar-refractivity contribution is 4.77. The van der Waals surface area contributed by atoms with E-state index >= 15 is 0 Å². The van der Waals surface area contributed by atoms with E-state index in [9.17, 15) is 0 Å². The van der Waals surface area contributed by atoms with Crippen LogP contribution in [0.4, 0.5) is 0 Å². The topological polar surface area (TPSA) is 0 Å². The standard InChI is InChI=1S/C5H6/c1-3-5-4-2/h3-4H,1,5H2. The summed E-state index contributed by atoms with van der Waals surface area (Å²) >= 11 is 0. The summed E-state index contributed by atoms with van der Waals surface area (Å²) in [6.07, 6.45) is 3.69.